The van der Waals surface area contributed by atoms with Crippen molar-refractivity contribution in [1.29, 1.82) is 0 Å². The van der Waals surface area contributed by atoms with Crippen LogP contribution in [0.5, 0.6) is 0 Å². The third kappa shape index (κ3) is 4.97. The predicted octanol–water partition coefficient (Wildman–Crippen LogP) is 4.10. The number of benzene rings is 1. The molecule has 2 rings (SSSR count). The zero-order valence-electron chi connectivity index (χ0n) is 12.4. The molecule has 1 aliphatic heterocycles. The minimum atomic E-state index is -0.104. The zero-order chi connectivity index (χ0) is 15.2. The predicted molar refractivity (Wildman–Crippen MR) is 91.0 cm³/mol. The highest BCUT2D eigenvalue weighted by molar-refractivity contribution is 9.10. The number of carbonyl (C=O) groups is 1. The lowest BCUT2D eigenvalue weighted by Gasteiger charge is -2.33. The van der Waals surface area contributed by atoms with Gasteiger partial charge in [-0.15, -0.1) is 0 Å². The van der Waals surface area contributed by atoms with E-state index < -0.39 is 0 Å². The Morgan fingerprint density at radius 1 is 1.48 bits per heavy atom. The van der Waals surface area contributed by atoms with Crippen molar-refractivity contribution in [2.24, 2.45) is 0 Å². The molecule has 1 heterocycles. The van der Waals surface area contributed by atoms with Crippen LogP contribution in [-0.4, -0.2) is 36.5 Å². The lowest BCUT2D eigenvalue weighted by molar-refractivity contribution is 0.0949. The Morgan fingerprint density at radius 3 is 3.05 bits per heavy atom. The van der Waals surface area contributed by atoms with E-state index in [0.29, 0.717) is 23.2 Å². The molecule has 1 amide bonds. The molecule has 5 heteroatoms. The molecule has 3 nitrogen and oxygen atoms in total. The van der Waals surface area contributed by atoms with Crippen molar-refractivity contribution in [3.63, 3.8) is 0 Å². The van der Waals surface area contributed by atoms with E-state index in [9.17, 15) is 4.79 Å². The summed E-state index contributed by atoms with van der Waals surface area (Å²) in [4.78, 5) is 14.6. The number of halogens is 2. The molecular formula is C16H22BrClN2O. The minimum Gasteiger partial charge on any atom is -0.352 e. The summed E-state index contributed by atoms with van der Waals surface area (Å²) in [6, 6.07) is 5.99. The smallest absolute Gasteiger partial charge is 0.252 e. The lowest BCUT2D eigenvalue weighted by Crippen LogP contribution is -2.39. The summed E-state index contributed by atoms with van der Waals surface area (Å²) in [5, 5.41) is 3.44. The van der Waals surface area contributed by atoms with Crippen LogP contribution in [0, 0.1) is 0 Å². The molecule has 1 saturated heterocycles. The monoisotopic (exact) mass is 372 g/mol. The maximum absolute atomic E-state index is 12.1. The highest BCUT2D eigenvalue weighted by Crippen LogP contribution is 2.21. The molecule has 1 atom stereocenters. The minimum absolute atomic E-state index is 0.104. The second kappa shape index (κ2) is 8.16. The summed E-state index contributed by atoms with van der Waals surface area (Å²) < 4.78 is 0.860. The molecule has 0 spiro atoms. The summed E-state index contributed by atoms with van der Waals surface area (Å²) in [6.07, 6.45) is 4.90. The molecule has 1 aromatic rings. The quantitative estimate of drug-likeness (QED) is 0.788. The van der Waals surface area contributed by atoms with E-state index in [1.807, 2.05) is 6.07 Å². The van der Waals surface area contributed by atoms with E-state index in [0.717, 1.165) is 17.4 Å². The molecule has 1 fully saturated rings. The second-order valence-corrected chi connectivity index (χ2v) is 6.94. The van der Waals surface area contributed by atoms with Gasteiger partial charge in [-0.3, -0.25) is 4.79 Å². The van der Waals surface area contributed by atoms with Gasteiger partial charge in [0.15, 0.2) is 0 Å². The van der Waals surface area contributed by atoms with E-state index in [1.54, 1.807) is 12.1 Å². The Labute approximate surface area is 140 Å². The number of piperidine rings is 1. The van der Waals surface area contributed by atoms with Crippen LogP contribution in [0.1, 0.15) is 43.0 Å². The molecule has 0 unspecified atom stereocenters. The normalized spacial score (nSPS) is 19.5. The van der Waals surface area contributed by atoms with Gasteiger partial charge in [-0.25, -0.2) is 0 Å². The van der Waals surface area contributed by atoms with Gasteiger partial charge < -0.3 is 10.2 Å². The summed E-state index contributed by atoms with van der Waals surface area (Å²) in [5.41, 5.74) is 0.525. The van der Waals surface area contributed by atoms with Gasteiger partial charge in [0.05, 0.1) is 10.6 Å². The number of amides is 1. The van der Waals surface area contributed by atoms with E-state index in [2.05, 4.69) is 33.1 Å². The van der Waals surface area contributed by atoms with Crippen LogP contribution in [0.15, 0.2) is 22.7 Å². The SMILES string of the molecule is C[C@H]1CCCCN1CCCNC(=O)c1cc(Br)ccc1Cl. The molecular weight excluding hydrogens is 352 g/mol. The van der Waals surface area contributed by atoms with Gasteiger partial charge in [0.1, 0.15) is 0 Å². The highest BCUT2D eigenvalue weighted by atomic mass is 79.9. The van der Waals surface area contributed by atoms with Crippen molar-refractivity contribution in [2.45, 2.75) is 38.6 Å². The molecule has 0 bridgehead atoms. The second-order valence-electron chi connectivity index (χ2n) is 5.61. The highest BCUT2D eigenvalue weighted by Gasteiger charge is 2.17. The molecule has 0 aromatic heterocycles. The molecule has 0 aliphatic carbocycles. The number of likely N-dealkylation sites (tertiary alicyclic amines) is 1. The zero-order valence-corrected chi connectivity index (χ0v) is 14.7. The van der Waals surface area contributed by atoms with Crippen LogP contribution in [-0.2, 0) is 0 Å². The first kappa shape index (κ1) is 16.8. The van der Waals surface area contributed by atoms with Gasteiger partial charge in [0.2, 0.25) is 0 Å². The maximum Gasteiger partial charge on any atom is 0.252 e. The molecule has 1 N–H and O–H groups in total. The van der Waals surface area contributed by atoms with Gasteiger partial charge in [-0.2, -0.15) is 0 Å². The van der Waals surface area contributed by atoms with Crippen LogP contribution in [0.4, 0.5) is 0 Å². The van der Waals surface area contributed by atoms with Gasteiger partial charge in [0.25, 0.3) is 5.91 Å². The Morgan fingerprint density at radius 2 is 2.29 bits per heavy atom. The van der Waals surface area contributed by atoms with Crippen LogP contribution < -0.4 is 5.32 Å². The van der Waals surface area contributed by atoms with Crippen molar-refractivity contribution in [3.05, 3.63) is 33.3 Å². The van der Waals surface area contributed by atoms with E-state index in [-0.39, 0.29) is 5.91 Å². The summed E-state index contributed by atoms with van der Waals surface area (Å²) in [5.74, 6) is -0.104. The number of nitrogens with one attached hydrogen (secondary N) is 1. The number of hydrogen-bond acceptors (Lipinski definition) is 2. The first-order chi connectivity index (χ1) is 10.1. The average molecular weight is 374 g/mol. The third-order valence-corrected chi connectivity index (χ3v) is 4.84. The number of nitrogens with zero attached hydrogens (tertiary/aromatic N) is 1. The van der Waals surface area contributed by atoms with Crippen LogP contribution in [0.3, 0.4) is 0 Å². The van der Waals surface area contributed by atoms with Gasteiger partial charge in [-0.05, 0) is 50.9 Å². The van der Waals surface area contributed by atoms with Gasteiger partial charge in [-0.1, -0.05) is 34.0 Å². The van der Waals surface area contributed by atoms with Crippen LogP contribution in [0.2, 0.25) is 5.02 Å². The van der Waals surface area contributed by atoms with E-state index >= 15 is 0 Å². The first-order valence-corrected chi connectivity index (χ1v) is 8.72. The van der Waals surface area contributed by atoms with E-state index in [1.165, 1.54) is 25.8 Å². The lowest BCUT2D eigenvalue weighted by atomic mass is 10.0. The topological polar surface area (TPSA) is 32.3 Å². The summed E-state index contributed by atoms with van der Waals surface area (Å²) in [6.45, 7) is 5.21. The fraction of sp³-hybridized carbons (Fsp3) is 0.562. The van der Waals surface area contributed by atoms with Gasteiger partial charge >= 0.3 is 0 Å². The standard InChI is InChI=1S/C16H22BrClN2O/c1-12-5-2-3-9-20(12)10-4-8-19-16(21)14-11-13(17)6-7-15(14)18/h6-7,11-12H,2-5,8-10H2,1H3,(H,19,21)/t12-/m0/s1. The van der Waals surface area contributed by atoms with Crippen molar-refractivity contribution in [2.75, 3.05) is 19.6 Å². The largest absolute Gasteiger partial charge is 0.352 e. The van der Waals surface area contributed by atoms with Crippen molar-refractivity contribution in [3.8, 4) is 0 Å². The Hall–Kier alpha value is -0.580. The fourth-order valence-electron chi connectivity index (χ4n) is 2.74. The van der Waals surface area contributed by atoms with Crippen LogP contribution in [0.25, 0.3) is 0 Å². The number of rotatable bonds is 5. The first-order valence-electron chi connectivity index (χ1n) is 7.55. The van der Waals surface area contributed by atoms with E-state index in [4.69, 9.17) is 11.6 Å². The van der Waals surface area contributed by atoms with Crippen molar-refractivity contribution < 1.29 is 4.79 Å². The molecule has 0 saturated carbocycles. The molecule has 0 radical (unpaired) electrons. The Balaban J connectivity index is 1.75. The van der Waals surface area contributed by atoms with Crippen molar-refractivity contribution in [1.82, 2.24) is 10.2 Å². The summed E-state index contributed by atoms with van der Waals surface area (Å²) >= 11 is 9.41. The molecule has 116 valence electrons. The molecule has 1 aromatic carbocycles. The molecule has 21 heavy (non-hydrogen) atoms. The Bertz CT molecular complexity index is 495. The Kier molecular flexibility index (Phi) is 6.52. The fourth-order valence-corrected chi connectivity index (χ4v) is 3.31. The third-order valence-electron chi connectivity index (χ3n) is 4.02. The molecule has 1 aliphatic rings. The van der Waals surface area contributed by atoms with Gasteiger partial charge in [0, 0.05) is 23.6 Å². The van der Waals surface area contributed by atoms with Crippen molar-refractivity contribution >= 4 is 33.4 Å². The maximum atomic E-state index is 12.1. The average Bonchev–Trinajstić information content (AvgIpc) is 2.47. The number of carbonyl (C=O) groups excluding carboxylic acids is 1. The number of hydrogen-bond donors (Lipinski definition) is 1. The van der Waals surface area contributed by atoms with Crippen LogP contribution >= 0.6 is 27.5 Å². The summed E-state index contributed by atoms with van der Waals surface area (Å²) in [7, 11) is 0.